The number of aromatic nitrogens is 1. The largest absolute Gasteiger partial charge is 0.346 e. The molecule has 0 aliphatic heterocycles. The van der Waals surface area contributed by atoms with Crippen LogP contribution < -0.4 is 5.32 Å². The van der Waals surface area contributed by atoms with Crippen molar-refractivity contribution in [2.75, 3.05) is 5.32 Å². The Morgan fingerprint density at radius 2 is 2.00 bits per heavy atom. The molecule has 0 fully saturated rings. The molecule has 0 bridgehead atoms. The minimum Gasteiger partial charge on any atom is -0.346 e. The van der Waals surface area contributed by atoms with Crippen LogP contribution in [0.15, 0.2) is 36.5 Å². The fourth-order valence-electron chi connectivity index (χ4n) is 1.01. The van der Waals surface area contributed by atoms with Crippen molar-refractivity contribution in [1.29, 1.82) is 0 Å². The molecular formula is C9H8N2S2. The molecule has 0 aliphatic rings. The lowest BCUT2D eigenvalue weighted by Crippen LogP contribution is -1.84. The highest BCUT2D eigenvalue weighted by molar-refractivity contribution is 7.73. The Kier molecular flexibility index (Phi) is 2.42. The number of anilines is 2. The standard InChI is InChI=1S/C9H8N2S2/c12-9-10-6-8(13-9)11-7-4-2-1-3-5-7/h1-6,11H,(H,10,12). The van der Waals surface area contributed by atoms with Crippen LogP contribution in [0, 0.1) is 3.95 Å². The number of rotatable bonds is 2. The number of aromatic amines is 1. The molecule has 2 nitrogen and oxygen atoms in total. The summed E-state index contributed by atoms with van der Waals surface area (Å²) in [7, 11) is 0. The van der Waals surface area contributed by atoms with E-state index >= 15 is 0 Å². The molecular weight excluding hydrogens is 200 g/mol. The van der Waals surface area contributed by atoms with Crippen molar-refractivity contribution in [1.82, 2.24) is 4.98 Å². The van der Waals surface area contributed by atoms with Crippen LogP contribution in [0.4, 0.5) is 10.7 Å². The summed E-state index contributed by atoms with van der Waals surface area (Å²) in [6, 6.07) is 10.0. The van der Waals surface area contributed by atoms with E-state index in [2.05, 4.69) is 10.3 Å². The van der Waals surface area contributed by atoms with Crippen LogP contribution in [0.3, 0.4) is 0 Å². The first-order valence-electron chi connectivity index (χ1n) is 3.85. The Hall–Kier alpha value is -1.13. The van der Waals surface area contributed by atoms with Gasteiger partial charge in [-0.2, -0.15) is 0 Å². The molecule has 0 saturated heterocycles. The van der Waals surface area contributed by atoms with Crippen molar-refractivity contribution in [3.05, 3.63) is 40.5 Å². The first kappa shape index (κ1) is 8.47. The summed E-state index contributed by atoms with van der Waals surface area (Å²) >= 11 is 6.50. The molecule has 0 amide bonds. The Balaban J connectivity index is 2.20. The molecule has 0 saturated carbocycles. The normalized spacial score (nSPS) is 9.85. The summed E-state index contributed by atoms with van der Waals surface area (Å²) in [6.45, 7) is 0. The fourth-order valence-corrected chi connectivity index (χ4v) is 1.94. The molecule has 0 unspecified atom stereocenters. The first-order chi connectivity index (χ1) is 6.34. The average Bonchev–Trinajstić information content (AvgIpc) is 2.53. The van der Waals surface area contributed by atoms with Gasteiger partial charge in [0.15, 0.2) is 3.95 Å². The molecule has 2 aromatic rings. The van der Waals surface area contributed by atoms with Gasteiger partial charge >= 0.3 is 0 Å². The van der Waals surface area contributed by atoms with Crippen LogP contribution in [0.1, 0.15) is 0 Å². The number of hydrogen-bond acceptors (Lipinski definition) is 3. The van der Waals surface area contributed by atoms with Crippen molar-refractivity contribution in [2.24, 2.45) is 0 Å². The first-order valence-corrected chi connectivity index (χ1v) is 5.08. The van der Waals surface area contributed by atoms with Crippen LogP contribution in [-0.2, 0) is 0 Å². The van der Waals surface area contributed by atoms with Gasteiger partial charge < -0.3 is 10.3 Å². The second kappa shape index (κ2) is 3.72. The van der Waals surface area contributed by atoms with Crippen molar-refractivity contribution in [2.45, 2.75) is 0 Å². The van der Waals surface area contributed by atoms with E-state index in [-0.39, 0.29) is 0 Å². The molecule has 66 valence electrons. The molecule has 2 N–H and O–H groups in total. The lowest BCUT2D eigenvalue weighted by Gasteiger charge is -2.00. The summed E-state index contributed by atoms with van der Waals surface area (Å²) in [6.07, 6.45) is 1.88. The van der Waals surface area contributed by atoms with Gasteiger partial charge in [0.05, 0.1) is 0 Å². The van der Waals surface area contributed by atoms with Gasteiger partial charge in [0.25, 0.3) is 0 Å². The number of para-hydroxylation sites is 1. The number of thiazole rings is 1. The molecule has 0 aliphatic carbocycles. The predicted molar refractivity (Wildman–Crippen MR) is 59.2 cm³/mol. The Morgan fingerprint density at radius 3 is 2.62 bits per heavy atom. The van der Waals surface area contributed by atoms with E-state index in [0.717, 1.165) is 14.6 Å². The maximum atomic E-state index is 4.97. The summed E-state index contributed by atoms with van der Waals surface area (Å²) in [4.78, 5) is 2.96. The van der Waals surface area contributed by atoms with Gasteiger partial charge in [-0.05, 0) is 24.4 Å². The summed E-state index contributed by atoms with van der Waals surface area (Å²) < 4.78 is 0.790. The van der Waals surface area contributed by atoms with Crippen LogP contribution in [0.25, 0.3) is 0 Å². The topological polar surface area (TPSA) is 27.8 Å². The monoisotopic (exact) mass is 208 g/mol. The third kappa shape index (κ3) is 2.17. The molecule has 0 spiro atoms. The zero-order valence-electron chi connectivity index (χ0n) is 6.78. The molecule has 2 rings (SSSR count). The number of nitrogens with one attached hydrogen (secondary N) is 2. The third-order valence-corrected chi connectivity index (χ3v) is 2.68. The van der Waals surface area contributed by atoms with E-state index in [1.165, 1.54) is 11.3 Å². The van der Waals surface area contributed by atoms with Crippen LogP contribution in [0.2, 0.25) is 0 Å². The van der Waals surface area contributed by atoms with Gasteiger partial charge in [-0.25, -0.2) is 0 Å². The lowest BCUT2D eigenvalue weighted by molar-refractivity contribution is 1.39. The van der Waals surface area contributed by atoms with Crippen molar-refractivity contribution in [3.8, 4) is 0 Å². The van der Waals surface area contributed by atoms with Crippen molar-refractivity contribution in [3.63, 3.8) is 0 Å². The zero-order valence-corrected chi connectivity index (χ0v) is 8.41. The molecule has 1 aromatic carbocycles. The van der Waals surface area contributed by atoms with E-state index in [4.69, 9.17) is 12.2 Å². The average molecular weight is 208 g/mol. The minimum atomic E-state index is 0.790. The molecule has 4 heteroatoms. The van der Waals surface area contributed by atoms with Gasteiger partial charge in [-0.1, -0.05) is 29.5 Å². The van der Waals surface area contributed by atoms with Gasteiger partial charge in [-0.3, -0.25) is 0 Å². The molecule has 1 heterocycles. The van der Waals surface area contributed by atoms with Crippen LogP contribution in [0.5, 0.6) is 0 Å². The number of benzene rings is 1. The minimum absolute atomic E-state index is 0.790. The van der Waals surface area contributed by atoms with E-state index < -0.39 is 0 Å². The lowest BCUT2D eigenvalue weighted by atomic mass is 10.3. The van der Waals surface area contributed by atoms with Gasteiger partial charge in [0, 0.05) is 11.9 Å². The Labute approximate surface area is 85.3 Å². The highest BCUT2D eigenvalue weighted by atomic mass is 32.1. The van der Waals surface area contributed by atoms with Crippen molar-refractivity contribution >= 4 is 34.2 Å². The Bertz CT molecular complexity index is 430. The smallest absolute Gasteiger partial charge is 0.160 e. The highest BCUT2D eigenvalue weighted by Gasteiger charge is 1.94. The van der Waals surface area contributed by atoms with Gasteiger partial charge in [-0.15, -0.1) is 0 Å². The highest BCUT2D eigenvalue weighted by Crippen LogP contribution is 2.20. The van der Waals surface area contributed by atoms with E-state index in [1.54, 1.807) is 0 Å². The number of hydrogen-bond donors (Lipinski definition) is 2. The predicted octanol–water partition coefficient (Wildman–Crippen LogP) is 3.55. The quantitative estimate of drug-likeness (QED) is 0.739. The van der Waals surface area contributed by atoms with E-state index in [0.29, 0.717) is 0 Å². The van der Waals surface area contributed by atoms with E-state index in [1.807, 2.05) is 36.5 Å². The molecule has 0 radical (unpaired) electrons. The summed E-state index contributed by atoms with van der Waals surface area (Å²) in [5, 5.41) is 4.28. The second-order valence-electron chi connectivity index (χ2n) is 2.53. The Morgan fingerprint density at radius 1 is 1.23 bits per heavy atom. The maximum absolute atomic E-state index is 4.97. The number of H-pyrrole nitrogens is 1. The molecule has 0 atom stereocenters. The van der Waals surface area contributed by atoms with Gasteiger partial charge in [0.2, 0.25) is 0 Å². The maximum Gasteiger partial charge on any atom is 0.160 e. The zero-order chi connectivity index (χ0) is 9.10. The molecule has 13 heavy (non-hydrogen) atoms. The summed E-state index contributed by atoms with van der Waals surface area (Å²) in [5.41, 5.74) is 1.08. The fraction of sp³-hybridized carbons (Fsp3) is 0. The van der Waals surface area contributed by atoms with E-state index in [9.17, 15) is 0 Å². The van der Waals surface area contributed by atoms with Gasteiger partial charge in [0.1, 0.15) is 5.00 Å². The second-order valence-corrected chi connectivity index (χ2v) is 4.25. The van der Waals surface area contributed by atoms with Crippen LogP contribution >= 0.6 is 23.6 Å². The SMILES string of the molecule is S=c1[nH]cc(Nc2ccccc2)s1. The van der Waals surface area contributed by atoms with Crippen molar-refractivity contribution < 1.29 is 0 Å². The third-order valence-electron chi connectivity index (χ3n) is 1.57. The van der Waals surface area contributed by atoms with Crippen LogP contribution in [-0.4, -0.2) is 4.98 Å². The molecule has 1 aromatic heterocycles. The summed E-state index contributed by atoms with van der Waals surface area (Å²) in [5.74, 6) is 0.